The lowest BCUT2D eigenvalue weighted by atomic mass is 10.1. The molecule has 2 aromatic carbocycles. The van der Waals surface area contributed by atoms with Crippen LogP contribution in [0, 0.1) is 0 Å². The standard InChI is InChI=1S/C19H14BrClN2O4/c1-2-10-3-5-12(6-4-10)23-18(26)13(17(25)22-19(23)27)7-11-8-14(20)16(24)15(21)9-11/h3-9,24H,2H2,1H3,(H,22,25,27)/b13-7-. The van der Waals surface area contributed by atoms with Crippen LogP contribution < -0.4 is 10.2 Å². The van der Waals surface area contributed by atoms with Crippen LogP contribution >= 0.6 is 27.5 Å². The molecule has 0 radical (unpaired) electrons. The van der Waals surface area contributed by atoms with Gasteiger partial charge in [0.05, 0.1) is 15.2 Å². The lowest BCUT2D eigenvalue weighted by Gasteiger charge is -2.26. The Kier molecular flexibility index (Phi) is 5.34. The number of aromatic hydroxyl groups is 1. The van der Waals surface area contributed by atoms with Crippen molar-refractivity contribution in [3.05, 3.63) is 62.6 Å². The molecule has 1 aliphatic rings. The molecule has 0 aliphatic carbocycles. The highest BCUT2D eigenvalue weighted by Crippen LogP contribution is 2.34. The molecule has 0 spiro atoms. The van der Waals surface area contributed by atoms with E-state index in [4.69, 9.17) is 11.6 Å². The minimum Gasteiger partial charge on any atom is -0.505 e. The fourth-order valence-corrected chi connectivity index (χ4v) is 3.43. The van der Waals surface area contributed by atoms with E-state index in [1.807, 2.05) is 19.1 Å². The average molecular weight is 450 g/mol. The molecule has 1 fully saturated rings. The van der Waals surface area contributed by atoms with Crippen molar-refractivity contribution in [2.45, 2.75) is 13.3 Å². The lowest BCUT2D eigenvalue weighted by Crippen LogP contribution is -2.54. The van der Waals surface area contributed by atoms with Crippen LogP contribution in [0.25, 0.3) is 6.08 Å². The Bertz CT molecular complexity index is 963. The van der Waals surface area contributed by atoms with Gasteiger partial charge in [-0.2, -0.15) is 0 Å². The maximum absolute atomic E-state index is 12.8. The van der Waals surface area contributed by atoms with Crippen molar-refractivity contribution >= 4 is 57.1 Å². The number of carbonyl (C=O) groups is 3. The van der Waals surface area contributed by atoms with Gasteiger partial charge < -0.3 is 5.11 Å². The van der Waals surface area contributed by atoms with E-state index in [1.165, 1.54) is 18.2 Å². The summed E-state index contributed by atoms with van der Waals surface area (Å²) in [5, 5.41) is 11.9. The first-order chi connectivity index (χ1) is 12.8. The van der Waals surface area contributed by atoms with Crippen LogP contribution in [0.4, 0.5) is 10.5 Å². The summed E-state index contributed by atoms with van der Waals surface area (Å²) < 4.78 is 0.314. The van der Waals surface area contributed by atoms with E-state index in [0.29, 0.717) is 15.7 Å². The highest BCUT2D eigenvalue weighted by atomic mass is 79.9. The Morgan fingerprint density at radius 1 is 1.19 bits per heavy atom. The molecule has 1 saturated heterocycles. The molecule has 4 amide bonds. The SMILES string of the molecule is CCc1ccc(N2C(=O)NC(=O)/C(=C/c3cc(Cl)c(O)c(Br)c3)C2=O)cc1. The molecule has 0 bridgehead atoms. The molecule has 0 unspecified atom stereocenters. The summed E-state index contributed by atoms with van der Waals surface area (Å²) in [4.78, 5) is 38.1. The van der Waals surface area contributed by atoms with E-state index in [2.05, 4.69) is 21.2 Å². The number of imide groups is 2. The molecule has 3 rings (SSSR count). The van der Waals surface area contributed by atoms with Crippen LogP contribution in [0.15, 0.2) is 46.4 Å². The van der Waals surface area contributed by atoms with E-state index in [9.17, 15) is 19.5 Å². The normalized spacial score (nSPS) is 16.0. The predicted molar refractivity (Wildman–Crippen MR) is 106 cm³/mol. The first-order valence-corrected chi connectivity index (χ1v) is 9.17. The summed E-state index contributed by atoms with van der Waals surface area (Å²) in [6, 6.07) is 9.03. The Hall–Kier alpha value is -2.64. The van der Waals surface area contributed by atoms with Gasteiger partial charge in [0.25, 0.3) is 11.8 Å². The topological polar surface area (TPSA) is 86.7 Å². The fraction of sp³-hybridized carbons (Fsp3) is 0.105. The van der Waals surface area contributed by atoms with E-state index in [0.717, 1.165) is 16.9 Å². The quantitative estimate of drug-likeness (QED) is 0.547. The van der Waals surface area contributed by atoms with Gasteiger partial charge in [-0.05, 0) is 63.8 Å². The van der Waals surface area contributed by atoms with Crippen LogP contribution in [0.5, 0.6) is 5.75 Å². The van der Waals surface area contributed by atoms with Crippen LogP contribution in [0.2, 0.25) is 5.02 Å². The van der Waals surface area contributed by atoms with E-state index >= 15 is 0 Å². The minimum absolute atomic E-state index is 0.0583. The number of phenols is 1. The Morgan fingerprint density at radius 2 is 1.85 bits per heavy atom. The predicted octanol–water partition coefficient (Wildman–Crippen LogP) is 4.04. The van der Waals surface area contributed by atoms with Crippen molar-refractivity contribution in [1.82, 2.24) is 5.32 Å². The number of carbonyl (C=O) groups excluding carboxylic acids is 3. The molecule has 27 heavy (non-hydrogen) atoms. The highest BCUT2D eigenvalue weighted by molar-refractivity contribution is 9.10. The van der Waals surface area contributed by atoms with Crippen LogP contribution in [0.1, 0.15) is 18.1 Å². The maximum atomic E-state index is 12.8. The smallest absolute Gasteiger partial charge is 0.335 e. The number of rotatable bonds is 3. The van der Waals surface area contributed by atoms with Gasteiger partial charge in [-0.15, -0.1) is 0 Å². The van der Waals surface area contributed by atoms with Gasteiger partial charge in [-0.1, -0.05) is 30.7 Å². The molecule has 0 aromatic heterocycles. The summed E-state index contributed by atoms with van der Waals surface area (Å²) in [7, 11) is 0. The Labute approximate surface area is 168 Å². The van der Waals surface area contributed by atoms with E-state index < -0.39 is 17.8 Å². The summed E-state index contributed by atoms with van der Waals surface area (Å²) in [5.41, 5.74) is 1.61. The van der Waals surface area contributed by atoms with Crippen molar-refractivity contribution in [2.24, 2.45) is 0 Å². The molecule has 6 nitrogen and oxygen atoms in total. The number of nitrogens with one attached hydrogen (secondary N) is 1. The number of anilines is 1. The molecule has 2 N–H and O–H groups in total. The van der Waals surface area contributed by atoms with E-state index in [-0.39, 0.29) is 16.3 Å². The van der Waals surface area contributed by atoms with Gasteiger partial charge in [-0.3, -0.25) is 14.9 Å². The highest BCUT2D eigenvalue weighted by Gasteiger charge is 2.36. The number of nitrogens with zero attached hydrogens (tertiary/aromatic N) is 1. The summed E-state index contributed by atoms with van der Waals surface area (Å²) >= 11 is 9.08. The second kappa shape index (κ2) is 7.54. The summed E-state index contributed by atoms with van der Waals surface area (Å²) in [5.74, 6) is -1.69. The second-order valence-electron chi connectivity index (χ2n) is 5.81. The van der Waals surface area contributed by atoms with Crippen molar-refractivity contribution in [2.75, 3.05) is 4.90 Å². The zero-order valence-electron chi connectivity index (χ0n) is 14.1. The third kappa shape index (κ3) is 3.74. The largest absolute Gasteiger partial charge is 0.505 e. The molecule has 0 atom stereocenters. The summed E-state index contributed by atoms with van der Waals surface area (Å²) in [6.45, 7) is 1.99. The van der Waals surface area contributed by atoms with Crippen molar-refractivity contribution in [1.29, 1.82) is 0 Å². The second-order valence-corrected chi connectivity index (χ2v) is 7.07. The Morgan fingerprint density at radius 3 is 2.44 bits per heavy atom. The number of amides is 4. The number of urea groups is 1. The number of phenolic OH excluding ortho intramolecular Hbond substituents is 1. The molecule has 0 saturated carbocycles. The van der Waals surface area contributed by atoms with Crippen LogP contribution in [-0.4, -0.2) is 23.0 Å². The van der Waals surface area contributed by atoms with Crippen molar-refractivity contribution < 1.29 is 19.5 Å². The zero-order valence-corrected chi connectivity index (χ0v) is 16.5. The van der Waals surface area contributed by atoms with E-state index in [1.54, 1.807) is 12.1 Å². The fourth-order valence-electron chi connectivity index (χ4n) is 2.61. The third-order valence-electron chi connectivity index (χ3n) is 4.05. The minimum atomic E-state index is -0.809. The maximum Gasteiger partial charge on any atom is 0.335 e. The molecular weight excluding hydrogens is 436 g/mol. The van der Waals surface area contributed by atoms with Crippen LogP contribution in [-0.2, 0) is 16.0 Å². The molecule has 1 aliphatic heterocycles. The van der Waals surface area contributed by atoms with Crippen LogP contribution in [0.3, 0.4) is 0 Å². The third-order valence-corrected chi connectivity index (χ3v) is 4.95. The number of aryl methyl sites for hydroxylation is 1. The number of barbiturate groups is 1. The number of benzene rings is 2. The average Bonchev–Trinajstić information content (AvgIpc) is 2.63. The van der Waals surface area contributed by atoms with Crippen molar-refractivity contribution in [3.8, 4) is 5.75 Å². The van der Waals surface area contributed by atoms with Gasteiger partial charge in [0, 0.05) is 0 Å². The Balaban J connectivity index is 2.01. The number of hydrogen-bond acceptors (Lipinski definition) is 4. The number of hydrogen-bond donors (Lipinski definition) is 2. The van der Waals surface area contributed by atoms with Crippen molar-refractivity contribution in [3.63, 3.8) is 0 Å². The monoisotopic (exact) mass is 448 g/mol. The first-order valence-electron chi connectivity index (χ1n) is 8.00. The van der Waals surface area contributed by atoms with Gasteiger partial charge in [-0.25, -0.2) is 9.69 Å². The van der Waals surface area contributed by atoms with Gasteiger partial charge in [0.2, 0.25) is 0 Å². The summed E-state index contributed by atoms with van der Waals surface area (Å²) in [6.07, 6.45) is 2.13. The molecule has 2 aromatic rings. The molecule has 138 valence electrons. The zero-order chi connectivity index (χ0) is 19.7. The van der Waals surface area contributed by atoms with Gasteiger partial charge in [0.15, 0.2) is 0 Å². The van der Waals surface area contributed by atoms with Gasteiger partial charge >= 0.3 is 6.03 Å². The number of halogens is 2. The first kappa shape index (κ1) is 19.1. The molecule has 1 heterocycles. The molecular formula is C19H14BrClN2O4. The molecule has 8 heteroatoms. The lowest BCUT2D eigenvalue weighted by molar-refractivity contribution is -0.122. The van der Waals surface area contributed by atoms with Gasteiger partial charge in [0.1, 0.15) is 11.3 Å².